The van der Waals surface area contributed by atoms with Crippen molar-refractivity contribution in [1.82, 2.24) is 4.57 Å². The van der Waals surface area contributed by atoms with Crippen LogP contribution in [-0.4, -0.2) is 4.57 Å². The van der Waals surface area contributed by atoms with E-state index in [9.17, 15) is 4.79 Å². The number of para-hydroxylation sites is 1. The minimum absolute atomic E-state index is 0.0224. The van der Waals surface area contributed by atoms with E-state index in [0.717, 1.165) is 22.0 Å². The lowest BCUT2D eigenvalue weighted by Gasteiger charge is -2.19. The quantitative estimate of drug-likeness (QED) is 0.687. The summed E-state index contributed by atoms with van der Waals surface area (Å²) in [5.41, 5.74) is 3.22. The molecule has 0 radical (unpaired) electrons. The van der Waals surface area contributed by atoms with Gasteiger partial charge < -0.3 is 4.57 Å². The van der Waals surface area contributed by atoms with Crippen LogP contribution in [0.25, 0.3) is 10.9 Å². The molecule has 3 aromatic rings. The molecule has 0 N–H and O–H groups in total. The van der Waals surface area contributed by atoms with E-state index in [1.165, 1.54) is 0 Å². The van der Waals surface area contributed by atoms with Crippen LogP contribution < -0.4 is 5.56 Å². The number of aryl methyl sites for hydroxylation is 1. The highest BCUT2D eigenvalue weighted by Crippen LogP contribution is 2.23. The van der Waals surface area contributed by atoms with Crippen LogP contribution in [0.2, 0.25) is 0 Å². The molecule has 0 aliphatic rings. The molecule has 2 aromatic carbocycles. The molecule has 0 spiro atoms. The van der Waals surface area contributed by atoms with Crippen molar-refractivity contribution in [3.8, 4) is 0 Å². The van der Waals surface area contributed by atoms with Gasteiger partial charge in [-0.05, 0) is 31.0 Å². The van der Waals surface area contributed by atoms with Crippen LogP contribution in [0, 0.1) is 6.92 Å². The average Bonchev–Trinajstić information content (AvgIpc) is 2.48. The van der Waals surface area contributed by atoms with E-state index in [1.54, 1.807) is 6.07 Å². The SMILES string of the molecule is Cc1cc(=O)n(C(C)c2ccccc2)c2ccccc12. The highest BCUT2D eigenvalue weighted by atomic mass is 16.1. The number of hydrogen-bond acceptors (Lipinski definition) is 1. The van der Waals surface area contributed by atoms with Gasteiger partial charge >= 0.3 is 0 Å². The van der Waals surface area contributed by atoms with Crippen molar-refractivity contribution in [3.05, 3.63) is 82.1 Å². The molecule has 0 saturated heterocycles. The van der Waals surface area contributed by atoms with Gasteiger partial charge in [-0.3, -0.25) is 4.79 Å². The minimum atomic E-state index is 0.0224. The summed E-state index contributed by atoms with van der Waals surface area (Å²) in [6.45, 7) is 4.06. The van der Waals surface area contributed by atoms with E-state index < -0.39 is 0 Å². The maximum absolute atomic E-state index is 12.4. The normalized spacial score (nSPS) is 12.5. The molecule has 3 rings (SSSR count). The third kappa shape index (κ3) is 2.03. The van der Waals surface area contributed by atoms with Crippen molar-refractivity contribution in [2.45, 2.75) is 19.9 Å². The predicted octanol–water partition coefficient (Wildman–Crippen LogP) is 3.92. The molecule has 0 amide bonds. The molecule has 1 atom stereocenters. The number of aromatic nitrogens is 1. The summed E-state index contributed by atoms with van der Waals surface area (Å²) >= 11 is 0. The van der Waals surface area contributed by atoms with Crippen molar-refractivity contribution in [1.29, 1.82) is 0 Å². The van der Waals surface area contributed by atoms with Gasteiger partial charge in [-0.2, -0.15) is 0 Å². The van der Waals surface area contributed by atoms with Gasteiger partial charge in [0.25, 0.3) is 5.56 Å². The lowest BCUT2D eigenvalue weighted by Crippen LogP contribution is -2.24. The number of rotatable bonds is 2. The van der Waals surface area contributed by atoms with Crippen LogP contribution in [0.3, 0.4) is 0 Å². The molecule has 0 aliphatic heterocycles. The van der Waals surface area contributed by atoms with E-state index in [0.29, 0.717) is 0 Å². The molecule has 1 unspecified atom stereocenters. The second-order valence-corrected chi connectivity index (χ2v) is 5.14. The van der Waals surface area contributed by atoms with Gasteiger partial charge in [0.15, 0.2) is 0 Å². The van der Waals surface area contributed by atoms with Gasteiger partial charge in [-0.25, -0.2) is 0 Å². The zero-order valence-electron chi connectivity index (χ0n) is 11.7. The first-order valence-electron chi connectivity index (χ1n) is 6.84. The Kier molecular flexibility index (Phi) is 3.15. The van der Waals surface area contributed by atoms with Gasteiger partial charge in [-0.1, -0.05) is 48.5 Å². The monoisotopic (exact) mass is 263 g/mol. The smallest absolute Gasteiger partial charge is 0.251 e. The molecule has 100 valence electrons. The highest BCUT2D eigenvalue weighted by molar-refractivity contribution is 5.82. The van der Waals surface area contributed by atoms with Crippen LogP contribution >= 0.6 is 0 Å². The van der Waals surface area contributed by atoms with Crippen molar-refractivity contribution in [2.24, 2.45) is 0 Å². The van der Waals surface area contributed by atoms with Gasteiger partial charge in [-0.15, -0.1) is 0 Å². The summed E-state index contributed by atoms with van der Waals surface area (Å²) in [4.78, 5) is 12.4. The molecule has 0 saturated carbocycles. The first-order valence-corrected chi connectivity index (χ1v) is 6.84. The zero-order chi connectivity index (χ0) is 14.1. The maximum atomic E-state index is 12.4. The first-order chi connectivity index (χ1) is 9.68. The fourth-order valence-electron chi connectivity index (χ4n) is 2.75. The van der Waals surface area contributed by atoms with Crippen LogP contribution in [0.4, 0.5) is 0 Å². The Bertz CT molecular complexity index is 803. The predicted molar refractivity (Wildman–Crippen MR) is 83.2 cm³/mol. The molecular formula is C18H17NO. The van der Waals surface area contributed by atoms with Gasteiger partial charge in [0, 0.05) is 11.5 Å². The van der Waals surface area contributed by atoms with E-state index in [-0.39, 0.29) is 11.6 Å². The van der Waals surface area contributed by atoms with E-state index in [2.05, 4.69) is 25.1 Å². The number of fused-ring (bicyclic) bond motifs is 1. The van der Waals surface area contributed by atoms with Gasteiger partial charge in [0.2, 0.25) is 0 Å². The summed E-state index contributed by atoms with van der Waals surface area (Å²) in [7, 11) is 0. The van der Waals surface area contributed by atoms with Crippen molar-refractivity contribution >= 4 is 10.9 Å². The number of nitrogens with zero attached hydrogens (tertiary/aromatic N) is 1. The zero-order valence-corrected chi connectivity index (χ0v) is 11.7. The summed E-state index contributed by atoms with van der Waals surface area (Å²) in [5, 5.41) is 1.13. The highest BCUT2D eigenvalue weighted by Gasteiger charge is 2.13. The Balaban J connectivity index is 2.29. The lowest BCUT2D eigenvalue weighted by molar-refractivity contribution is 0.638. The largest absolute Gasteiger partial charge is 0.301 e. The third-order valence-electron chi connectivity index (χ3n) is 3.84. The summed E-state index contributed by atoms with van der Waals surface area (Å²) in [6.07, 6.45) is 0. The minimum Gasteiger partial charge on any atom is -0.301 e. The molecule has 0 fully saturated rings. The van der Waals surface area contributed by atoms with Gasteiger partial charge in [0.1, 0.15) is 0 Å². The van der Waals surface area contributed by atoms with Crippen LogP contribution in [-0.2, 0) is 0 Å². The first kappa shape index (κ1) is 12.7. The Morgan fingerprint density at radius 1 is 0.950 bits per heavy atom. The second-order valence-electron chi connectivity index (χ2n) is 5.14. The Morgan fingerprint density at radius 2 is 1.60 bits per heavy atom. The molecule has 1 heterocycles. The third-order valence-corrected chi connectivity index (χ3v) is 3.84. The van der Waals surface area contributed by atoms with E-state index in [4.69, 9.17) is 0 Å². The van der Waals surface area contributed by atoms with E-state index in [1.807, 2.05) is 47.9 Å². The van der Waals surface area contributed by atoms with Crippen LogP contribution in [0.1, 0.15) is 24.1 Å². The molecule has 0 bridgehead atoms. The summed E-state index contributed by atoms with van der Waals surface area (Å²) in [6, 6.07) is 20.0. The lowest BCUT2D eigenvalue weighted by atomic mass is 10.1. The summed E-state index contributed by atoms with van der Waals surface area (Å²) < 4.78 is 1.87. The average molecular weight is 263 g/mol. The molecule has 0 aliphatic carbocycles. The molecule has 20 heavy (non-hydrogen) atoms. The topological polar surface area (TPSA) is 22.0 Å². The molecular weight excluding hydrogens is 246 g/mol. The number of benzene rings is 2. The second kappa shape index (κ2) is 4.97. The number of pyridine rings is 1. The fourth-order valence-corrected chi connectivity index (χ4v) is 2.75. The van der Waals surface area contributed by atoms with Crippen LogP contribution in [0.15, 0.2) is 65.5 Å². The van der Waals surface area contributed by atoms with Gasteiger partial charge in [0.05, 0.1) is 11.6 Å². The number of hydrogen-bond donors (Lipinski definition) is 0. The van der Waals surface area contributed by atoms with Crippen molar-refractivity contribution in [3.63, 3.8) is 0 Å². The molecule has 2 heteroatoms. The molecule has 2 nitrogen and oxygen atoms in total. The van der Waals surface area contributed by atoms with Crippen molar-refractivity contribution < 1.29 is 0 Å². The van der Waals surface area contributed by atoms with Crippen molar-refractivity contribution in [2.75, 3.05) is 0 Å². The summed E-state index contributed by atoms with van der Waals surface area (Å²) in [5.74, 6) is 0. The fraction of sp³-hybridized carbons (Fsp3) is 0.167. The molecule has 1 aromatic heterocycles. The standard InChI is InChI=1S/C18H17NO/c1-13-12-18(20)19(17-11-7-6-10-16(13)17)14(2)15-8-4-3-5-9-15/h3-12,14H,1-2H3. The Morgan fingerprint density at radius 3 is 2.35 bits per heavy atom. The van der Waals surface area contributed by atoms with Crippen LogP contribution in [0.5, 0.6) is 0 Å². The van der Waals surface area contributed by atoms with E-state index >= 15 is 0 Å². The Hall–Kier alpha value is -2.35. The maximum Gasteiger partial charge on any atom is 0.251 e. The Labute approximate surface area is 118 Å².